The normalized spacial score (nSPS) is 11.1. The summed E-state index contributed by atoms with van der Waals surface area (Å²) in [7, 11) is 0. The van der Waals surface area contributed by atoms with E-state index in [4.69, 9.17) is 4.74 Å². The highest BCUT2D eigenvalue weighted by molar-refractivity contribution is 5.89. The number of nitrogens with zero attached hydrogens (tertiary/aromatic N) is 2. The minimum atomic E-state index is -0.363. The number of allylic oxidation sites excluding steroid dienone is 1. The average Bonchev–Trinajstić information content (AvgIpc) is 2.19. The summed E-state index contributed by atoms with van der Waals surface area (Å²) in [6, 6.07) is 1.72. The van der Waals surface area contributed by atoms with Crippen molar-refractivity contribution in [2.45, 2.75) is 13.8 Å². The molecule has 1 aromatic rings. The van der Waals surface area contributed by atoms with Gasteiger partial charge in [-0.1, -0.05) is 0 Å². The van der Waals surface area contributed by atoms with E-state index in [0.29, 0.717) is 18.0 Å². The van der Waals surface area contributed by atoms with Crippen molar-refractivity contribution in [1.29, 1.82) is 0 Å². The van der Waals surface area contributed by atoms with Crippen LogP contribution in [0.3, 0.4) is 0 Å². The molecule has 4 nitrogen and oxygen atoms in total. The zero-order valence-electron chi connectivity index (χ0n) is 8.23. The second-order valence-corrected chi connectivity index (χ2v) is 2.65. The topological polar surface area (TPSA) is 52.1 Å². The third-order valence-corrected chi connectivity index (χ3v) is 1.54. The Bertz CT molecular complexity index is 333. The second kappa shape index (κ2) is 5.11. The Kier molecular flexibility index (Phi) is 3.79. The number of hydrogen-bond donors (Lipinski definition) is 0. The van der Waals surface area contributed by atoms with E-state index in [-0.39, 0.29) is 5.97 Å². The van der Waals surface area contributed by atoms with E-state index < -0.39 is 0 Å². The van der Waals surface area contributed by atoms with E-state index in [1.165, 1.54) is 6.08 Å². The summed E-state index contributed by atoms with van der Waals surface area (Å²) in [6.07, 6.45) is 4.65. The molecule has 0 aliphatic heterocycles. The SMILES string of the molecule is CCOC(=O)/C=C(/C)c1ncccn1. The number of carbonyl (C=O) groups excluding carboxylic acids is 1. The van der Waals surface area contributed by atoms with E-state index in [1.54, 1.807) is 32.3 Å². The van der Waals surface area contributed by atoms with Crippen LogP contribution in [0.25, 0.3) is 5.57 Å². The van der Waals surface area contributed by atoms with Crippen LogP contribution >= 0.6 is 0 Å². The highest BCUT2D eigenvalue weighted by Crippen LogP contribution is 2.06. The lowest BCUT2D eigenvalue weighted by Gasteiger charge is -1.99. The lowest BCUT2D eigenvalue weighted by molar-refractivity contribution is -0.137. The molecule has 1 rings (SSSR count). The minimum Gasteiger partial charge on any atom is -0.463 e. The first-order valence-corrected chi connectivity index (χ1v) is 4.36. The molecule has 0 fully saturated rings. The maximum atomic E-state index is 11.1. The fraction of sp³-hybridized carbons (Fsp3) is 0.300. The summed E-state index contributed by atoms with van der Waals surface area (Å²) < 4.78 is 4.76. The molecular formula is C10H12N2O2. The van der Waals surface area contributed by atoms with Crippen LogP contribution in [0, 0.1) is 0 Å². The molecule has 1 heterocycles. The number of ether oxygens (including phenoxy) is 1. The van der Waals surface area contributed by atoms with Crippen molar-refractivity contribution in [1.82, 2.24) is 9.97 Å². The van der Waals surface area contributed by atoms with Crippen LogP contribution in [-0.4, -0.2) is 22.5 Å². The quantitative estimate of drug-likeness (QED) is 0.537. The highest BCUT2D eigenvalue weighted by atomic mass is 16.5. The second-order valence-electron chi connectivity index (χ2n) is 2.65. The van der Waals surface area contributed by atoms with Crippen molar-refractivity contribution in [2.75, 3.05) is 6.61 Å². The molecule has 4 heteroatoms. The van der Waals surface area contributed by atoms with Gasteiger partial charge in [-0.25, -0.2) is 14.8 Å². The maximum Gasteiger partial charge on any atom is 0.331 e. The Morgan fingerprint density at radius 2 is 2.14 bits per heavy atom. The van der Waals surface area contributed by atoms with Gasteiger partial charge in [0.25, 0.3) is 0 Å². The molecule has 0 N–H and O–H groups in total. The van der Waals surface area contributed by atoms with E-state index in [2.05, 4.69) is 9.97 Å². The van der Waals surface area contributed by atoms with Crippen molar-refractivity contribution < 1.29 is 9.53 Å². The van der Waals surface area contributed by atoms with Crippen LogP contribution in [-0.2, 0) is 9.53 Å². The van der Waals surface area contributed by atoms with Crippen molar-refractivity contribution in [3.8, 4) is 0 Å². The first kappa shape index (κ1) is 10.4. The van der Waals surface area contributed by atoms with Crippen LogP contribution in [0.2, 0.25) is 0 Å². The monoisotopic (exact) mass is 192 g/mol. The summed E-state index contributed by atoms with van der Waals surface area (Å²) >= 11 is 0. The molecule has 0 unspecified atom stereocenters. The van der Waals surface area contributed by atoms with Gasteiger partial charge in [0.15, 0.2) is 5.82 Å². The molecular weight excluding hydrogens is 180 g/mol. The lowest BCUT2D eigenvalue weighted by atomic mass is 10.2. The predicted molar refractivity (Wildman–Crippen MR) is 52.3 cm³/mol. The number of carbonyl (C=O) groups is 1. The number of hydrogen-bond acceptors (Lipinski definition) is 4. The van der Waals surface area contributed by atoms with Crippen molar-refractivity contribution in [3.05, 3.63) is 30.4 Å². The van der Waals surface area contributed by atoms with Crippen molar-refractivity contribution in [2.24, 2.45) is 0 Å². The highest BCUT2D eigenvalue weighted by Gasteiger charge is 2.01. The Balaban J connectivity index is 2.75. The fourth-order valence-corrected chi connectivity index (χ4v) is 0.928. The molecule has 14 heavy (non-hydrogen) atoms. The molecule has 0 saturated heterocycles. The fourth-order valence-electron chi connectivity index (χ4n) is 0.928. The van der Waals surface area contributed by atoms with E-state index in [1.807, 2.05) is 0 Å². The molecule has 0 atom stereocenters. The maximum absolute atomic E-state index is 11.1. The van der Waals surface area contributed by atoms with Crippen LogP contribution in [0.15, 0.2) is 24.5 Å². The van der Waals surface area contributed by atoms with E-state index in [0.717, 1.165) is 0 Å². The van der Waals surface area contributed by atoms with Crippen molar-refractivity contribution in [3.63, 3.8) is 0 Å². The lowest BCUT2D eigenvalue weighted by Crippen LogP contribution is -2.01. The molecule has 0 radical (unpaired) electrons. The molecule has 0 bridgehead atoms. The molecule has 0 amide bonds. The Morgan fingerprint density at radius 3 is 2.71 bits per heavy atom. The summed E-state index contributed by atoms with van der Waals surface area (Å²) in [5, 5.41) is 0. The first-order valence-electron chi connectivity index (χ1n) is 4.36. The predicted octanol–water partition coefficient (Wildman–Crippen LogP) is 1.44. The van der Waals surface area contributed by atoms with Gasteiger partial charge in [-0.15, -0.1) is 0 Å². The van der Waals surface area contributed by atoms with Gasteiger partial charge in [0.2, 0.25) is 0 Å². The number of rotatable bonds is 3. The van der Waals surface area contributed by atoms with Gasteiger partial charge in [0.1, 0.15) is 0 Å². The Labute approximate surface area is 82.6 Å². The van der Waals surface area contributed by atoms with Crippen LogP contribution in [0.5, 0.6) is 0 Å². The van der Waals surface area contributed by atoms with Gasteiger partial charge in [-0.05, 0) is 19.9 Å². The molecule has 74 valence electrons. The van der Waals surface area contributed by atoms with Crippen LogP contribution in [0.4, 0.5) is 0 Å². The van der Waals surface area contributed by atoms with Gasteiger partial charge < -0.3 is 4.74 Å². The molecule has 0 spiro atoms. The van der Waals surface area contributed by atoms with Gasteiger partial charge in [-0.3, -0.25) is 0 Å². The largest absolute Gasteiger partial charge is 0.463 e. The minimum absolute atomic E-state index is 0.363. The smallest absolute Gasteiger partial charge is 0.331 e. The molecule has 0 aromatic carbocycles. The van der Waals surface area contributed by atoms with Crippen LogP contribution in [0.1, 0.15) is 19.7 Å². The van der Waals surface area contributed by atoms with E-state index >= 15 is 0 Å². The van der Waals surface area contributed by atoms with Crippen molar-refractivity contribution >= 4 is 11.5 Å². The van der Waals surface area contributed by atoms with E-state index in [9.17, 15) is 4.79 Å². The first-order chi connectivity index (χ1) is 6.74. The van der Waals surface area contributed by atoms with Crippen LogP contribution < -0.4 is 0 Å². The van der Waals surface area contributed by atoms with Gasteiger partial charge in [0, 0.05) is 24.0 Å². The summed E-state index contributed by atoms with van der Waals surface area (Å²) in [6.45, 7) is 3.91. The summed E-state index contributed by atoms with van der Waals surface area (Å²) in [5.74, 6) is 0.179. The molecule has 1 aromatic heterocycles. The van der Waals surface area contributed by atoms with Gasteiger partial charge >= 0.3 is 5.97 Å². The zero-order valence-corrected chi connectivity index (χ0v) is 8.23. The third kappa shape index (κ3) is 2.97. The van der Waals surface area contributed by atoms with Gasteiger partial charge in [-0.2, -0.15) is 0 Å². The molecule has 0 aliphatic carbocycles. The number of aromatic nitrogens is 2. The molecule has 0 saturated carbocycles. The standard InChI is InChI=1S/C10H12N2O2/c1-3-14-9(13)7-8(2)10-11-5-4-6-12-10/h4-7H,3H2,1-2H3/b8-7-. The summed E-state index contributed by atoms with van der Waals surface area (Å²) in [4.78, 5) is 19.1. The molecule has 0 aliphatic rings. The Morgan fingerprint density at radius 1 is 1.50 bits per heavy atom. The van der Waals surface area contributed by atoms with Gasteiger partial charge in [0.05, 0.1) is 6.61 Å². The zero-order chi connectivity index (χ0) is 10.4. The third-order valence-electron chi connectivity index (χ3n) is 1.54. The Hall–Kier alpha value is -1.71. The number of esters is 1. The summed E-state index contributed by atoms with van der Waals surface area (Å²) in [5.41, 5.74) is 0.698. The average molecular weight is 192 g/mol.